The number of amides is 2. The Morgan fingerprint density at radius 1 is 1.17 bits per heavy atom. The van der Waals surface area contributed by atoms with Crippen LogP contribution in [-0.4, -0.2) is 18.4 Å². The Kier molecular flexibility index (Phi) is 7.09. The van der Waals surface area contributed by atoms with Gasteiger partial charge in [0.1, 0.15) is 5.75 Å². The Bertz CT molecular complexity index is 534. The molecule has 1 fully saturated rings. The molecule has 132 valence electrons. The Morgan fingerprint density at radius 2 is 1.83 bits per heavy atom. The first-order valence-corrected chi connectivity index (χ1v) is 8.90. The molecule has 0 spiro atoms. The van der Waals surface area contributed by atoms with E-state index in [1.807, 2.05) is 0 Å². The minimum absolute atomic E-state index is 0.106. The molecule has 1 aliphatic rings. The number of rotatable bonds is 8. The third kappa shape index (κ3) is 5.87. The molecule has 0 aliphatic heterocycles. The summed E-state index contributed by atoms with van der Waals surface area (Å²) < 4.78 is 5.20. The molecule has 1 aromatic carbocycles. The van der Waals surface area contributed by atoms with Gasteiger partial charge in [-0.05, 0) is 55.9 Å². The molecule has 2 rings (SSSR count). The van der Waals surface area contributed by atoms with Crippen molar-refractivity contribution in [3.05, 3.63) is 24.3 Å². The van der Waals surface area contributed by atoms with Crippen LogP contribution < -0.4 is 15.8 Å². The molecule has 5 heteroatoms. The number of anilines is 1. The monoisotopic (exact) mass is 332 g/mol. The number of benzene rings is 1. The van der Waals surface area contributed by atoms with Gasteiger partial charge in [0.05, 0.1) is 0 Å². The lowest BCUT2D eigenvalue weighted by atomic mass is 9.79. The number of ether oxygens (including phenoxy) is 1. The highest BCUT2D eigenvalue weighted by Gasteiger charge is 2.25. The van der Waals surface area contributed by atoms with E-state index in [1.165, 1.54) is 19.3 Å². The number of carbonyl (C=O) groups is 2. The van der Waals surface area contributed by atoms with Crippen LogP contribution >= 0.6 is 0 Å². The van der Waals surface area contributed by atoms with E-state index in [0.717, 1.165) is 37.3 Å². The molecule has 1 saturated carbocycles. The maximum atomic E-state index is 12.4. The second-order valence-corrected chi connectivity index (χ2v) is 6.63. The summed E-state index contributed by atoms with van der Waals surface area (Å²) in [6, 6.07) is 7.00. The fourth-order valence-electron chi connectivity index (χ4n) is 3.24. The molecular weight excluding hydrogens is 304 g/mol. The van der Waals surface area contributed by atoms with Gasteiger partial charge >= 0.3 is 0 Å². The van der Waals surface area contributed by atoms with Crippen molar-refractivity contribution in [2.75, 3.05) is 11.9 Å². The standard InChI is InChI=1S/C19H28N2O3/c1-2-3-4-14-5-7-15(8-6-14)19(23)21-16-9-11-17(12-10-16)24-13-18(20)22/h9-12,14-15H,2-8,13H2,1H3,(H2,20,22)(H,21,23). The minimum atomic E-state index is -0.512. The van der Waals surface area contributed by atoms with Crippen molar-refractivity contribution in [3.8, 4) is 5.75 Å². The van der Waals surface area contributed by atoms with Gasteiger partial charge in [-0.15, -0.1) is 0 Å². The lowest BCUT2D eigenvalue weighted by Crippen LogP contribution is -2.27. The van der Waals surface area contributed by atoms with Crippen LogP contribution in [0.3, 0.4) is 0 Å². The zero-order valence-corrected chi connectivity index (χ0v) is 14.4. The Morgan fingerprint density at radius 3 is 2.42 bits per heavy atom. The van der Waals surface area contributed by atoms with Gasteiger partial charge in [-0.3, -0.25) is 9.59 Å². The number of carbonyl (C=O) groups excluding carboxylic acids is 2. The van der Waals surface area contributed by atoms with E-state index in [2.05, 4.69) is 12.2 Å². The number of nitrogens with one attached hydrogen (secondary N) is 1. The zero-order valence-electron chi connectivity index (χ0n) is 14.4. The van der Waals surface area contributed by atoms with E-state index in [0.29, 0.717) is 5.75 Å². The van der Waals surface area contributed by atoms with Crippen LogP contribution in [0, 0.1) is 11.8 Å². The maximum absolute atomic E-state index is 12.4. The summed E-state index contributed by atoms with van der Waals surface area (Å²) >= 11 is 0. The highest BCUT2D eigenvalue weighted by Crippen LogP contribution is 2.32. The molecule has 24 heavy (non-hydrogen) atoms. The van der Waals surface area contributed by atoms with Crippen molar-refractivity contribution >= 4 is 17.5 Å². The van der Waals surface area contributed by atoms with Crippen LogP contribution in [0.4, 0.5) is 5.69 Å². The highest BCUT2D eigenvalue weighted by atomic mass is 16.5. The second kappa shape index (κ2) is 9.30. The molecule has 0 heterocycles. The number of unbranched alkanes of at least 4 members (excludes halogenated alkanes) is 1. The SMILES string of the molecule is CCCCC1CCC(C(=O)Nc2ccc(OCC(N)=O)cc2)CC1. The third-order valence-corrected chi connectivity index (χ3v) is 4.69. The van der Waals surface area contributed by atoms with Gasteiger partial charge in [0.2, 0.25) is 5.91 Å². The summed E-state index contributed by atoms with van der Waals surface area (Å²) in [6.07, 6.45) is 8.15. The summed E-state index contributed by atoms with van der Waals surface area (Å²) in [5, 5.41) is 2.98. The summed E-state index contributed by atoms with van der Waals surface area (Å²) in [7, 11) is 0. The van der Waals surface area contributed by atoms with E-state index in [1.54, 1.807) is 24.3 Å². The Hall–Kier alpha value is -2.04. The minimum Gasteiger partial charge on any atom is -0.484 e. The van der Waals surface area contributed by atoms with Crippen LogP contribution in [-0.2, 0) is 9.59 Å². The second-order valence-electron chi connectivity index (χ2n) is 6.63. The first kappa shape index (κ1) is 18.3. The van der Waals surface area contributed by atoms with Crippen LogP contribution in [0.1, 0.15) is 51.9 Å². The molecule has 0 aromatic heterocycles. The lowest BCUT2D eigenvalue weighted by molar-refractivity contribution is -0.121. The van der Waals surface area contributed by atoms with E-state index in [-0.39, 0.29) is 18.4 Å². The van der Waals surface area contributed by atoms with Crippen molar-refractivity contribution < 1.29 is 14.3 Å². The van der Waals surface area contributed by atoms with Crippen molar-refractivity contribution in [2.24, 2.45) is 17.6 Å². The van der Waals surface area contributed by atoms with Gasteiger partial charge < -0.3 is 15.8 Å². The molecule has 0 radical (unpaired) electrons. The van der Waals surface area contributed by atoms with E-state index in [4.69, 9.17) is 10.5 Å². The quantitative estimate of drug-likeness (QED) is 0.764. The molecule has 0 atom stereocenters. The zero-order chi connectivity index (χ0) is 17.4. The van der Waals surface area contributed by atoms with E-state index < -0.39 is 5.91 Å². The largest absolute Gasteiger partial charge is 0.484 e. The smallest absolute Gasteiger partial charge is 0.255 e. The van der Waals surface area contributed by atoms with E-state index in [9.17, 15) is 9.59 Å². The van der Waals surface area contributed by atoms with Gasteiger partial charge in [0.25, 0.3) is 5.91 Å². The van der Waals surface area contributed by atoms with Gasteiger partial charge in [-0.1, -0.05) is 26.2 Å². The van der Waals surface area contributed by atoms with E-state index >= 15 is 0 Å². The fourth-order valence-corrected chi connectivity index (χ4v) is 3.24. The first-order valence-electron chi connectivity index (χ1n) is 8.90. The lowest BCUT2D eigenvalue weighted by Gasteiger charge is -2.27. The summed E-state index contributed by atoms with van der Waals surface area (Å²) in [5.41, 5.74) is 5.78. The molecule has 0 saturated heterocycles. The normalized spacial score (nSPS) is 20.4. The number of hydrogen-bond acceptors (Lipinski definition) is 3. The highest BCUT2D eigenvalue weighted by molar-refractivity contribution is 5.92. The predicted molar refractivity (Wildman–Crippen MR) is 94.7 cm³/mol. The van der Waals surface area contributed by atoms with Crippen LogP contribution in [0.2, 0.25) is 0 Å². The predicted octanol–water partition coefficient (Wildman–Crippen LogP) is 3.49. The van der Waals surface area contributed by atoms with Crippen LogP contribution in [0.15, 0.2) is 24.3 Å². The number of nitrogens with two attached hydrogens (primary N) is 1. The topological polar surface area (TPSA) is 81.4 Å². The number of hydrogen-bond donors (Lipinski definition) is 2. The van der Waals surface area contributed by atoms with Crippen LogP contribution in [0.5, 0.6) is 5.75 Å². The maximum Gasteiger partial charge on any atom is 0.255 e. The molecule has 1 aromatic rings. The number of primary amides is 1. The van der Waals surface area contributed by atoms with Crippen molar-refractivity contribution in [1.29, 1.82) is 0 Å². The van der Waals surface area contributed by atoms with Crippen molar-refractivity contribution in [3.63, 3.8) is 0 Å². The third-order valence-electron chi connectivity index (χ3n) is 4.69. The van der Waals surface area contributed by atoms with Crippen LogP contribution in [0.25, 0.3) is 0 Å². The molecule has 1 aliphatic carbocycles. The summed E-state index contributed by atoms with van der Waals surface area (Å²) in [5.74, 6) is 1.07. The molecular formula is C19H28N2O3. The molecule has 5 nitrogen and oxygen atoms in total. The first-order chi connectivity index (χ1) is 11.6. The molecule has 0 unspecified atom stereocenters. The van der Waals surface area contributed by atoms with Gasteiger partial charge in [-0.2, -0.15) is 0 Å². The fraction of sp³-hybridized carbons (Fsp3) is 0.579. The molecule has 2 amide bonds. The average Bonchev–Trinajstić information content (AvgIpc) is 2.59. The van der Waals surface area contributed by atoms with Gasteiger partial charge in [0, 0.05) is 11.6 Å². The van der Waals surface area contributed by atoms with Gasteiger partial charge in [-0.25, -0.2) is 0 Å². The van der Waals surface area contributed by atoms with Crippen molar-refractivity contribution in [2.45, 2.75) is 51.9 Å². The van der Waals surface area contributed by atoms with Crippen molar-refractivity contribution in [1.82, 2.24) is 0 Å². The molecule has 3 N–H and O–H groups in total. The Labute approximate surface area is 143 Å². The summed E-state index contributed by atoms with van der Waals surface area (Å²) in [6.45, 7) is 2.08. The van der Waals surface area contributed by atoms with Gasteiger partial charge in [0.15, 0.2) is 6.61 Å². The Balaban J connectivity index is 1.77. The summed E-state index contributed by atoms with van der Waals surface area (Å²) in [4.78, 5) is 23.1. The average molecular weight is 332 g/mol. The molecule has 0 bridgehead atoms.